The normalized spacial score (nSPS) is 23.8. The van der Waals surface area contributed by atoms with Crippen LogP contribution in [-0.4, -0.2) is 55.0 Å². The molecule has 0 amide bonds. The van der Waals surface area contributed by atoms with Gasteiger partial charge in [0.05, 0.1) is 11.7 Å². The van der Waals surface area contributed by atoms with Crippen molar-refractivity contribution in [2.75, 3.05) is 13.6 Å². The van der Waals surface area contributed by atoms with Crippen LogP contribution < -0.4 is 4.72 Å². The number of nitrogens with one attached hydrogen (secondary N) is 1. The molecule has 0 bridgehead atoms. The summed E-state index contributed by atoms with van der Waals surface area (Å²) in [5, 5.41) is 0.209. The summed E-state index contributed by atoms with van der Waals surface area (Å²) in [4.78, 5) is 6.38. The SMILES string of the molecule is C=N/C(=C\N(C)CC)[C@@H](N[S@+]([O-])C(C)(C)C)C1CC(O[Si](C)(C)C(C)(C)C)C1. The average molecular weight is 430 g/mol. The minimum atomic E-state index is -1.77. The van der Waals surface area contributed by atoms with E-state index in [9.17, 15) is 4.55 Å². The van der Waals surface area contributed by atoms with Gasteiger partial charge in [-0.1, -0.05) is 20.8 Å². The maximum Gasteiger partial charge on any atom is 0.192 e. The minimum Gasteiger partial charge on any atom is -0.598 e. The molecule has 0 saturated heterocycles. The van der Waals surface area contributed by atoms with Gasteiger partial charge in [0, 0.05) is 37.3 Å². The van der Waals surface area contributed by atoms with Crippen LogP contribution in [0.25, 0.3) is 0 Å². The Morgan fingerprint density at radius 1 is 1.32 bits per heavy atom. The smallest absolute Gasteiger partial charge is 0.192 e. The molecular weight excluding hydrogens is 386 g/mol. The minimum absolute atomic E-state index is 0.0779. The van der Waals surface area contributed by atoms with E-state index in [1.54, 1.807) is 0 Å². The topological polar surface area (TPSA) is 59.9 Å². The van der Waals surface area contributed by atoms with Crippen molar-refractivity contribution in [3.05, 3.63) is 11.9 Å². The van der Waals surface area contributed by atoms with Crippen molar-refractivity contribution in [3.8, 4) is 0 Å². The predicted octanol–water partition coefficient (Wildman–Crippen LogP) is 4.70. The predicted molar refractivity (Wildman–Crippen MR) is 126 cm³/mol. The van der Waals surface area contributed by atoms with Crippen molar-refractivity contribution >= 4 is 26.4 Å². The summed E-state index contributed by atoms with van der Waals surface area (Å²) in [7, 11) is 0.250. The van der Waals surface area contributed by atoms with Gasteiger partial charge < -0.3 is 13.9 Å². The van der Waals surface area contributed by atoms with E-state index in [0.717, 1.165) is 25.1 Å². The molecule has 5 nitrogen and oxygen atoms in total. The third-order valence-corrected chi connectivity index (χ3v) is 12.1. The van der Waals surface area contributed by atoms with Gasteiger partial charge >= 0.3 is 0 Å². The molecule has 0 unspecified atom stereocenters. The van der Waals surface area contributed by atoms with Crippen LogP contribution in [0.15, 0.2) is 16.9 Å². The highest BCUT2D eigenvalue weighted by molar-refractivity contribution is 7.90. The van der Waals surface area contributed by atoms with Gasteiger partial charge in [0.15, 0.2) is 8.32 Å². The van der Waals surface area contributed by atoms with Crippen molar-refractivity contribution in [1.82, 2.24) is 9.62 Å². The Labute approximate surface area is 177 Å². The fraction of sp³-hybridized carbons (Fsp3) is 0.857. The van der Waals surface area contributed by atoms with Gasteiger partial charge in [-0.3, -0.25) is 4.99 Å². The highest BCUT2D eigenvalue weighted by Crippen LogP contribution is 2.43. The fourth-order valence-corrected chi connectivity index (χ4v) is 5.07. The highest BCUT2D eigenvalue weighted by atomic mass is 32.2. The Morgan fingerprint density at radius 2 is 1.86 bits per heavy atom. The molecule has 1 rings (SSSR count). The summed E-state index contributed by atoms with van der Waals surface area (Å²) in [6.07, 6.45) is 4.24. The van der Waals surface area contributed by atoms with Gasteiger partial charge in [-0.2, -0.15) is 0 Å². The molecule has 1 aliphatic carbocycles. The van der Waals surface area contributed by atoms with Gasteiger partial charge in [0.1, 0.15) is 4.75 Å². The van der Waals surface area contributed by atoms with E-state index in [-0.39, 0.29) is 21.9 Å². The van der Waals surface area contributed by atoms with E-state index in [1.807, 2.05) is 34.0 Å². The summed E-state index contributed by atoms with van der Waals surface area (Å²) >= 11 is -1.17. The molecule has 0 radical (unpaired) electrons. The molecule has 0 aromatic carbocycles. The largest absolute Gasteiger partial charge is 0.598 e. The van der Waals surface area contributed by atoms with Crippen LogP contribution in [0.3, 0.4) is 0 Å². The Kier molecular flexibility index (Phi) is 8.85. The second-order valence-corrected chi connectivity index (χ2v) is 17.2. The monoisotopic (exact) mass is 429 g/mol. The fourth-order valence-electron chi connectivity index (χ4n) is 2.79. The molecule has 28 heavy (non-hydrogen) atoms. The Bertz CT molecular complexity index is 549. The van der Waals surface area contributed by atoms with Crippen LogP contribution in [0.1, 0.15) is 61.3 Å². The van der Waals surface area contributed by atoms with E-state index in [1.165, 1.54) is 0 Å². The molecule has 1 fully saturated rings. The van der Waals surface area contributed by atoms with Crippen molar-refractivity contribution in [2.45, 2.75) is 96.3 Å². The lowest BCUT2D eigenvalue weighted by Gasteiger charge is -2.47. The first-order valence-electron chi connectivity index (χ1n) is 10.4. The van der Waals surface area contributed by atoms with Crippen LogP contribution in [0.5, 0.6) is 0 Å². The van der Waals surface area contributed by atoms with Crippen LogP contribution in [0, 0.1) is 5.92 Å². The second kappa shape index (κ2) is 9.64. The van der Waals surface area contributed by atoms with Gasteiger partial charge in [0.25, 0.3) is 0 Å². The van der Waals surface area contributed by atoms with Gasteiger partial charge in [-0.15, -0.1) is 4.72 Å². The molecule has 2 atom stereocenters. The van der Waals surface area contributed by atoms with Crippen molar-refractivity contribution in [2.24, 2.45) is 10.9 Å². The summed E-state index contributed by atoms with van der Waals surface area (Å²) in [5.74, 6) is 0.350. The Balaban J connectivity index is 2.93. The number of hydrogen-bond donors (Lipinski definition) is 1. The molecule has 1 aliphatic rings. The number of nitrogens with zero attached hydrogens (tertiary/aromatic N) is 2. The molecule has 7 heteroatoms. The van der Waals surface area contributed by atoms with Gasteiger partial charge in [-0.25, -0.2) is 0 Å². The standard InChI is InChI=1S/C21H43N3O2SSi/c1-12-24(9)15-18(22-8)19(23-27(25)20(2,3)4)16-13-17(14-16)26-28(10,11)21(5,6)7/h15-17,19,23H,8,12-14H2,1-7,9-11H3/b18-15-/t16?,17?,19-,27+/m0/s1. The summed E-state index contributed by atoms with van der Waals surface area (Å²) in [5.41, 5.74) is 0.859. The molecule has 0 spiro atoms. The van der Waals surface area contributed by atoms with Crippen molar-refractivity contribution < 1.29 is 8.98 Å². The molecule has 0 heterocycles. The summed E-state index contributed by atoms with van der Waals surface area (Å²) < 4.78 is 22.4. The van der Waals surface area contributed by atoms with E-state index in [0.29, 0.717) is 5.92 Å². The zero-order valence-electron chi connectivity index (χ0n) is 19.8. The van der Waals surface area contributed by atoms with E-state index in [4.69, 9.17) is 4.43 Å². The van der Waals surface area contributed by atoms with Gasteiger partial charge in [0.2, 0.25) is 0 Å². The van der Waals surface area contributed by atoms with Crippen LogP contribution in [0.2, 0.25) is 18.1 Å². The maximum absolute atomic E-state index is 12.8. The van der Waals surface area contributed by atoms with E-state index in [2.05, 4.69) is 62.1 Å². The zero-order chi connectivity index (χ0) is 21.9. The second-order valence-electron chi connectivity index (χ2n) is 10.5. The number of rotatable bonds is 9. The molecule has 0 aromatic heterocycles. The molecular formula is C21H43N3O2SSi. The van der Waals surface area contributed by atoms with E-state index >= 15 is 0 Å². The highest BCUT2D eigenvalue weighted by Gasteiger charge is 2.46. The summed E-state index contributed by atoms with van der Waals surface area (Å²) in [6, 6.07) is -0.0779. The molecule has 0 aromatic rings. The van der Waals surface area contributed by atoms with Crippen molar-refractivity contribution in [3.63, 3.8) is 0 Å². The van der Waals surface area contributed by atoms with Crippen LogP contribution in [0.4, 0.5) is 0 Å². The average Bonchev–Trinajstić information content (AvgIpc) is 2.51. The van der Waals surface area contributed by atoms with E-state index < -0.39 is 19.7 Å². The van der Waals surface area contributed by atoms with Gasteiger partial charge in [-0.05, 0) is 71.3 Å². The number of aliphatic imine (C=N–C) groups is 1. The lowest BCUT2D eigenvalue weighted by molar-refractivity contribution is 0.0427. The summed E-state index contributed by atoms with van der Waals surface area (Å²) in [6.45, 7) is 24.1. The van der Waals surface area contributed by atoms with Crippen molar-refractivity contribution in [1.29, 1.82) is 0 Å². The third-order valence-electron chi connectivity index (χ3n) is 6.01. The lowest BCUT2D eigenvalue weighted by atomic mass is 9.76. The molecule has 164 valence electrons. The molecule has 1 saturated carbocycles. The maximum atomic E-state index is 12.8. The molecule has 1 N–H and O–H groups in total. The zero-order valence-corrected chi connectivity index (χ0v) is 21.6. The Morgan fingerprint density at radius 3 is 2.25 bits per heavy atom. The van der Waals surface area contributed by atoms with Crippen LogP contribution >= 0.6 is 0 Å². The lowest BCUT2D eigenvalue weighted by Crippen LogP contribution is -2.54. The number of hydrogen-bond acceptors (Lipinski definition) is 5. The Hall–Kier alpha value is -0.343. The quantitative estimate of drug-likeness (QED) is 0.328. The van der Waals surface area contributed by atoms with Crippen LogP contribution in [-0.2, 0) is 15.8 Å². The first-order chi connectivity index (χ1) is 12.6. The first-order valence-corrected chi connectivity index (χ1v) is 14.4. The third kappa shape index (κ3) is 6.87. The first kappa shape index (κ1) is 25.7. The molecule has 0 aliphatic heterocycles.